The third-order valence-corrected chi connectivity index (χ3v) is 2.50. The molecule has 0 N–H and O–H groups in total. The Balaban J connectivity index is 1.93. The summed E-state index contributed by atoms with van der Waals surface area (Å²) in [4.78, 5) is 4.17. The maximum absolute atomic E-state index is 5.59. The van der Waals surface area contributed by atoms with E-state index in [1.165, 1.54) is 0 Å². The standard InChI is InChI=1S/C10H14ClNO3/c11-3-1-2-10-12-6-8(15-10)9-7-13-4-5-14-9/h6,9H,1-5,7H2. The highest BCUT2D eigenvalue weighted by Crippen LogP contribution is 2.21. The van der Waals surface area contributed by atoms with Crippen LogP contribution in [0.3, 0.4) is 0 Å². The number of nitrogens with zero attached hydrogens (tertiary/aromatic N) is 1. The van der Waals surface area contributed by atoms with Crippen molar-refractivity contribution in [1.82, 2.24) is 4.98 Å². The Kier molecular flexibility index (Phi) is 4.00. The molecule has 2 heterocycles. The van der Waals surface area contributed by atoms with Crippen LogP contribution in [-0.2, 0) is 15.9 Å². The van der Waals surface area contributed by atoms with Crippen LogP contribution < -0.4 is 0 Å². The van der Waals surface area contributed by atoms with E-state index >= 15 is 0 Å². The van der Waals surface area contributed by atoms with Crippen LogP contribution >= 0.6 is 11.6 Å². The van der Waals surface area contributed by atoms with Crippen LogP contribution in [-0.4, -0.2) is 30.7 Å². The maximum atomic E-state index is 5.59. The van der Waals surface area contributed by atoms with E-state index < -0.39 is 0 Å². The molecule has 1 atom stereocenters. The number of alkyl halides is 1. The summed E-state index contributed by atoms with van der Waals surface area (Å²) in [5.41, 5.74) is 0. The van der Waals surface area contributed by atoms with E-state index in [9.17, 15) is 0 Å². The van der Waals surface area contributed by atoms with E-state index in [-0.39, 0.29) is 6.10 Å². The monoisotopic (exact) mass is 231 g/mol. The largest absolute Gasteiger partial charge is 0.443 e. The van der Waals surface area contributed by atoms with Gasteiger partial charge < -0.3 is 13.9 Å². The third-order valence-electron chi connectivity index (χ3n) is 2.23. The minimum Gasteiger partial charge on any atom is -0.443 e. The summed E-state index contributed by atoms with van der Waals surface area (Å²) in [6.45, 7) is 1.82. The average molecular weight is 232 g/mol. The zero-order valence-electron chi connectivity index (χ0n) is 8.45. The zero-order chi connectivity index (χ0) is 10.5. The molecule has 0 amide bonds. The van der Waals surface area contributed by atoms with Crippen LogP contribution in [0.2, 0.25) is 0 Å². The van der Waals surface area contributed by atoms with Gasteiger partial charge in [-0.15, -0.1) is 11.6 Å². The lowest BCUT2D eigenvalue weighted by molar-refractivity contribution is -0.0978. The minimum atomic E-state index is -0.101. The van der Waals surface area contributed by atoms with Crippen molar-refractivity contribution in [2.45, 2.75) is 18.9 Å². The van der Waals surface area contributed by atoms with Gasteiger partial charge in [0.2, 0.25) is 0 Å². The summed E-state index contributed by atoms with van der Waals surface area (Å²) >= 11 is 5.59. The van der Waals surface area contributed by atoms with Gasteiger partial charge in [-0.05, 0) is 6.42 Å². The first-order chi connectivity index (χ1) is 7.40. The number of aromatic nitrogens is 1. The topological polar surface area (TPSA) is 44.5 Å². The fraction of sp³-hybridized carbons (Fsp3) is 0.700. The van der Waals surface area contributed by atoms with Crippen molar-refractivity contribution in [1.29, 1.82) is 0 Å². The van der Waals surface area contributed by atoms with E-state index in [0.29, 0.717) is 25.7 Å². The van der Waals surface area contributed by atoms with Crippen molar-refractivity contribution in [2.24, 2.45) is 0 Å². The van der Waals surface area contributed by atoms with Gasteiger partial charge in [-0.25, -0.2) is 4.98 Å². The molecule has 2 rings (SSSR count). The van der Waals surface area contributed by atoms with Crippen molar-refractivity contribution >= 4 is 11.6 Å². The number of oxazole rings is 1. The summed E-state index contributed by atoms with van der Waals surface area (Å²) in [7, 11) is 0. The second-order valence-electron chi connectivity index (χ2n) is 3.38. The maximum Gasteiger partial charge on any atom is 0.194 e. The van der Waals surface area contributed by atoms with Crippen LogP contribution in [0, 0.1) is 0 Å². The normalized spacial score (nSPS) is 21.8. The van der Waals surface area contributed by atoms with Crippen LogP contribution in [0.1, 0.15) is 24.2 Å². The molecule has 1 aromatic rings. The van der Waals surface area contributed by atoms with Gasteiger partial charge in [-0.1, -0.05) is 0 Å². The van der Waals surface area contributed by atoms with Crippen molar-refractivity contribution in [2.75, 3.05) is 25.7 Å². The summed E-state index contributed by atoms with van der Waals surface area (Å²) < 4.78 is 16.3. The first-order valence-corrected chi connectivity index (χ1v) is 5.63. The predicted octanol–water partition coefficient (Wildman–Crippen LogP) is 1.93. The van der Waals surface area contributed by atoms with E-state index in [0.717, 1.165) is 24.5 Å². The average Bonchev–Trinajstić information content (AvgIpc) is 2.76. The highest BCUT2D eigenvalue weighted by atomic mass is 35.5. The molecular formula is C10H14ClNO3. The lowest BCUT2D eigenvalue weighted by Gasteiger charge is -2.20. The Morgan fingerprint density at radius 3 is 3.13 bits per heavy atom. The molecule has 0 aliphatic carbocycles. The number of aryl methyl sites for hydroxylation is 1. The van der Waals surface area contributed by atoms with Gasteiger partial charge in [-0.2, -0.15) is 0 Å². The lowest BCUT2D eigenvalue weighted by atomic mass is 10.3. The van der Waals surface area contributed by atoms with Gasteiger partial charge in [0.05, 0.1) is 26.0 Å². The van der Waals surface area contributed by atoms with Crippen molar-refractivity contribution in [3.05, 3.63) is 17.8 Å². The molecule has 15 heavy (non-hydrogen) atoms. The molecule has 1 unspecified atom stereocenters. The SMILES string of the molecule is ClCCCc1ncc(C2COCCO2)o1. The molecule has 0 bridgehead atoms. The van der Waals surface area contributed by atoms with Crippen LogP contribution in [0.25, 0.3) is 0 Å². The quantitative estimate of drug-likeness (QED) is 0.743. The fourth-order valence-corrected chi connectivity index (χ4v) is 1.59. The Bertz CT molecular complexity index is 297. The Hall–Kier alpha value is -0.580. The highest BCUT2D eigenvalue weighted by molar-refractivity contribution is 6.17. The molecule has 1 saturated heterocycles. The minimum absolute atomic E-state index is 0.101. The molecule has 0 saturated carbocycles. The first-order valence-electron chi connectivity index (χ1n) is 5.10. The predicted molar refractivity (Wildman–Crippen MR) is 55.1 cm³/mol. The number of hydrogen-bond donors (Lipinski definition) is 0. The van der Waals surface area contributed by atoms with Gasteiger partial charge in [0, 0.05) is 12.3 Å². The lowest BCUT2D eigenvalue weighted by Crippen LogP contribution is -2.21. The molecule has 5 heteroatoms. The van der Waals surface area contributed by atoms with Gasteiger partial charge in [-0.3, -0.25) is 0 Å². The zero-order valence-corrected chi connectivity index (χ0v) is 9.20. The Morgan fingerprint density at radius 2 is 2.40 bits per heavy atom. The summed E-state index contributed by atoms with van der Waals surface area (Å²) in [6, 6.07) is 0. The second kappa shape index (κ2) is 5.49. The molecule has 1 aliphatic rings. The van der Waals surface area contributed by atoms with Crippen molar-refractivity contribution in [3.63, 3.8) is 0 Å². The first kappa shape index (κ1) is 10.9. The number of hydrogen-bond acceptors (Lipinski definition) is 4. The molecule has 0 aromatic carbocycles. The smallest absolute Gasteiger partial charge is 0.194 e. The summed E-state index contributed by atoms with van der Waals surface area (Å²) in [5.74, 6) is 2.10. The number of halogens is 1. The Morgan fingerprint density at radius 1 is 1.47 bits per heavy atom. The molecule has 1 aliphatic heterocycles. The van der Waals surface area contributed by atoms with Crippen LogP contribution in [0.15, 0.2) is 10.6 Å². The van der Waals surface area contributed by atoms with Gasteiger partial charge in [0.25, 0.3) is 0 Å². The summed E-state index contributed by atoms with van der Waals surface area (Å²) in [5, 5.41) is 0. The van der Waals surface area contributed by atoms with Gasteiger partial charge in [0.1, 0.15) is 6.10 Å². The van der Waals surface area contributed by atoms with Crippen molar-refractivity contribution < 1.29 is 13.9 Å². The van der Waals surface area contributed by atoms with Crippen LogP contribution in [0.5, 0.6) is 0 Å². The highest BCUT2D eigenvalue weighted by Gasteiger charge is 2.20. The summed E-state index contributed by atoms with van der Waals surface area (Å²) in [6.07, 6.45) is 3.26. The van der Waals surface area contributed by atoms with Crippen molar-refractivity contribution in [3.8, 4) is 0 Å². The molecule has 84 valence electrons. The Labute approximate surface area is 93.5 Å². The second-order valence-corrected chi connectivity index (χ2v) is 3.76. The van der Waals surface area contributed by atoms with Crippen LogP contribution in [0.4, 0.5) is 0 Å². The van der Waals surface area contributed by atoms with E-state index in [1.807, 2.05) is 0 Å². The molecule has 1 fully saturated rings. The van der Waals surface area contributed by atoms with E-state index in [4.69, 9.17) is 25.5 Å². The number of rotatable bonds is 4. The van der Waals surface area contributed by atoms with E-state index in [1.54, 1.807) is 6.20 Å². The molecule has 0 spiro atoms. The molecule has 0 radical (unpaired) electrons. The molecule has 1 aromatic heterocycles. The van der Waals surface area contributed by atoms with E-state index in [2.05, 4.69) is 4.98 Å². The molecular weight excluding hydrogens is 218 g/mol. The van der Waals surface area contributed by atoms with Gasteiger partial charge in [0.15, 0.2) is 11.7 Å². The third kappa shape index (κ3) is 2.93. The fourth-order valence-electron chi connectivity index (χ4n) is 1.46. The number of ether oxygens (including phenoxy) is 2. The van der Waals surface area contributed by atoms with Gasteiger partial charge >= 0.3 is 0 Å². The molecule has 4 nitrogen and oxygen atoms in total.